The summed E-state index contributed by atoms with van der Waals surface area (Å²) < 4.78 is 0. The minimum Gasteiger partial charge on any atom is -0.370 e. The Labute approximate surface area is 65.5 Å². The number of rotatable bonds is 5. The zero-order valence-electron chi connectivity index (χ0n) is 6.17. The van der Waals surface area contributed by atoms with E-state index in [0.29, 0.717) is 6.42 Å². The smallest absolute Gasteiger partial charge is 0.218 e. The average Bonchev–Trinajstić information content (AvgIpc) is 1.79. The molecule has 0 saturated heterocycles. The first-order valence-corrected chi connectivity index (χ1v) is 4.40. The summed E-state index contributed by atoms with van der Waals surface area (Å²) in [6.07, 6.45) is 0.456. The SMILES string of the molecule is C[C@@H](N)CSCCC(N)=O. The number of primary amides is 1. The van der Waals surface area contributed by atoms with Gasteiger partial charge in [0.15, 0.2) is 0 Å². The van der Waals surface area contributed by atoms with Crippen LogP contribution in [0.4, 0.5) is 0 Å². The standard InChI is InChI=1S/C6H14N2OS/c1-5(7)4-10-3-2-6(8)9/h5H,2-4,7H2,1H3,(H2,8,9)/t5-/m1/s1. The van der Waals surface area contributed by atoms with Gasteiger partial charge < -0.3 is 11.5 Å². The predicted molar refractivity (Wildman–Crippen MR) is 44.8 cm³/mol. The van der Waals surface area contributed by atoms with Gasteiger partial charge in [-0.2, -0.15) is 11.8 Å². The Morgan fingerprint density at radius 3 is 2.70 bits per heavy atom. The third-order valence-electron chi connectivity index (χ3n) is 0.874. The molecule has 4 N–H and O–H groups in total. The number of amides is 1. The quantitative estimate of drug-likeness (QED) is 0.556. The maximum atomic E-state index is 10.2. The second-order valence-corrected chi connectivity index (χ2v) is 3.42. The van der Waals surface area contributed by atoms with Crippen molar-refractivity contribution in [3.63, 3.8) is 0 Å². The van der Waals surface area contributed by atoms with E-state index in [-0.39, 0.29) is 11.9 Å². The summed E-state index contributed by atoms with van der Waals surface area (Å²) in [4.78, 5) is 10.2. The van der Waals surface area contributed by atoms with Gasteiger partial charge in [0, 0.05) is 24.0 Å². The maximum Gasteiger partial charge on any atom is 0.218 e. The number of thioether (sulfide) groups is 1. The Morgan fingerprint density at radius 2 is 2.30 bits per heavy atom. The zero-order chi connectivity index (χ0) is 7.98. The Kier molecular flexibility index (Phi) is 5.43. The Bertz CT molecular complexity index is 106. The van der Waals surface area contributed by atoms with Crippen LogP contribution in [0, 0.1) is 0 Å². The molecule has 10 heavy (non-hydrogen) atoms. The molecule has 0 aliphatic rings. The van der Waals surface area contributed by atoms with Gasteiger partial charge in [-0.3, -0.25) is 4.79 Å². The molecule has 60 valence electrons. The molecule has 0 bridgehead atoms. The van der Waals surface area contributed by atoms with E-state index in [9.17, 15) is 4.79 Å². The first-order valence-electron chi connectivity index (χ1n) is 3.24. The fourth-order valence-electron chi connectivity index (χ4n) is 0.442. The van der Waals surface area contributed by atoms with Gasteiger partial charge in [-0.05, 0) is 6.92 Å². The average molecular weight is 162 g/mol. The van der Waals surface area contributed by atoms with Crippen molar-refractivity contribution in [1.82, 2.24) is 0 Å². The molecule has 0 aromatic heterocycles. The molecule has 0 aliphatic carbocycles. The molecule has 0 rings (SSSR count). The molecule has 4 heteroatoms. The van der Waals surface area contributed by atoms with Crippen molar-refractivity contribution < 1.29 is 4.79 Å². The summed E-state index contributed by atoms with van der Waals surface area (Å²) in [7, 11) is 0. The molecule has 0 saturated carbocycles. The van der Waals surface area contributed by atoms with Crippen LogP contribution in [-0.4, -0.2) is 23.5 Å². The zero-order valence-corrected chi connectivity index (χ0v) is 6.99. The van der Waals surface area contributed by atoms with Crippen LogP contribution in [0.15, 0.2) is 0 Å². The van der Waals surface area contributed by atoms with Crippen molar-refractivity contribution >= 4 is 17.7 Å². The molecule has 0 unspecified atom stereocenters. The molecule has 3 nitrogen and oxygen atoms in total. The number of carbonyl (C=O) groups is 1. The van der Waals surface area contributed by atoms with Crippen LogP contribution in [0.5, 0.6) is 0 Å². The number of carbonyl (C=O) groups excluding carboxylic acids is 1. The van der Waals surface area contributed by atoms with Gasteiger partial charge in [-0.15, -0.1) is 0 Å². The lowest BCUT2D eigenvalue weighted by Gasteiger charge is -2.02. The molecule has 0 radical (unpaired) electrons. The molecule has 0 heterocycles. The topological polar surface area (TPSA) is 69.1 Å². The van der Waals surface area contributed by atoms with E-state index in [2.05, 4.69) is 0 Å². The molecular formula is C6H14N2OS. The third kappa shape index (κ3) is 7.78. The van der Waals surface area contributed by atoms with E-state index in [1.807, 2.05) is 6.92 Å². The second-order valence-electron chi connectivity index (χ2n) is 2.27. The fraction of sp³-hybridized carbons (Fsp3) is 0.833. The number of hydrogen-bond donors (Lipinski definition) is 2. The van der Waals surface area contributed by atoms with Gasteiger partial charge in [0.1, 0.15) is 0 Å². The highest BCUT2D eigenvalue weighted by Gasteiger charge is 1.96. The molecular weight excluding hydrogens is 148 g/mol. The molecule has 0 aromatic rings. The van der Waals surface area contributed by atoms with Crippen LogP contribution >= 0.6 is 11.8 Å². The first-order chi connectivity index (χ1) is 4.63. The van der Waals surface area contributed by atoms with E-state index < -0.39 is 0 Å². The van der Waals surface area contributed by atoms with Crippen LogP contribution in [-0.2, 0) is 4.79 Å². The van der Waals surface area contributed by atoms with Crippen LogP contribution in [0.3, 0.4) is 0 Å². The lowest BCUT2D eigenvalue weighted by molar-refractivity contribution is -0.117. The molecule has 0 aliphatic heterocycles. The summed E-state index contributed by atoms with van der Waals surface area (Å²) in [5.41, 5.74) is 10.4. The van der Waals surface area contributed by atoms with Gasteiger partial charge in [-0.1, -0.05) is 0 Å². The Balaban J connectivity index is 2.98. The third-order valence-corrected chi connectivity index (χ3v) is 2.13. The first kappa shape index (κ1) is 9.78. The Morgan fingerprint density at radius 1 is 1.70 bits per heavy atom. The summed E-state index contributed by atoms with van der Waals surface area (Å²) in [6, 6.07) is 0.206. The van der Waals surface area contributed by atoms with E-state index in [1.165, 1.54) is 0 Å². The van der Waals surface area contributed by atoms with Crippen LogP contribution in [0.1, 0.15) is 13.3 Å². The highest BCUT2D eigenvalue weighted by atomic mass is 32.2. The van der Waals surface area contributed by atoms with Gasteiger partial charge in [0.25, 0.3) is 0 Å². The lowest BCUT2D eigenvalue weighted by atomic mass is 10.4. The Hall–Kier alpha value is -0.220. The van der Waals surface area contributed by atoms with Crippen molar-refractivity contribution in [3.8, 4) is 0 Å². The van der Waals surface area contributed by atoms with Crippen LogP contribution < -0.4 is 11.5 Å². The highest BCUT2D eigenvalue weighted by Crippen LogP contribution is 2.02. The van der Waals surface area contributed by atoms with E-state index in [0.717, 1.165) is 11.5 Å². The van der Waals surface area contributed by atoms with E-state index in [4.69, 9.17) is 11.5 Å². The summed E-state index contributed by atoms with van der Waals surface area (Å²) >= 11 is 1.66. The minimum absolute atomic E-state index is 0.206. The normalized spacial score (nSPS) is 13.0. The minimum atomic E-state index is -0.239. The largest absolute Gasteiger partial charge is 0.370 e. The molecule has 1 atom stereocenters. The fourth-order valence-corrected chi connectivity index (χ4v) is 1.33. The summed E-state index contributed by atoms with van der Waals surface area (Å²) in [5, 5.41) is 0. The summed E-state index contributed by atoms with van der Waals surface area (Å²) in [6.45, 7) is 1.94. The monoisotopic (exact) mass is 162 g/mol. The van der Waals surface area contributed by atoms with Crippen molar-refractivity contribution in [3.05, 3.63) is 0 Å². The van der Waals surface area contributed by atoms with Gasteiger partial charge in [0.2, 0.25) is 5.91 Å². The van der Waals surface area contributed by atoms with E-state index in [1.54, 1.807) is 11.8 Å². The second kappa shape index (κ2) is 5.56. The lowest BCUT2D eigenvalue weighted by Crippen LogP contribution is -2.18. The highest BCUT2D eigenvalue weighted by molar-refractivity contribution is 7.99. The van der Waals surface area contributed by atoms with Crippen LogP contribution in [0.2, 0.25) is 0 Å². The van der Waals surface area contributed by atoms with Gasteiger partial charge >= 0.3 is 0 Å². The number of hydrogen-bond acceptors (Lipinski definition) is 3. The molecule has 0 fully saturated rings. The number of nitrogens with two attached hydrogens (primary N) is 2. The van der Waals surface area contributed by atoms with Crippen molar-refractivity contribution in [2.24, 2.45) is 11.5 Å². The molecule has 0 spiro atoms. The van der Waals surface area contributed by atoms with Crippen LogP contribution in [0.25, 0.3) is 0 Å². The van der Waals surface area contributed by atoms with E-state index >= 15 is 0 Å². The molecule has 0 aromatic carbocycles. The maximum absolute atomic E-state index is 10.2. The predicted octanol–water partition coefficient (Wildman–Crippen LogP) is -0.0578. The van der Waals surface area contributed by atoms with Gasteiger partial charge in [-0.25, -0.2) is 0 Å². The molecule has 1 amide bonds. The van der Waals surface area contributed by atoms with Crippen molar-refractivity contribution in [1.29, 1.82) is 0 Å². The van der Waals surface area contributed by atoms with Crippen molar-refractivity contribution in [2.45, 2.75) is 19.4 Å². The summed E-state index contributed by atoms with van der Waals surface area (Å²) in [5.74, 6) is 1.45. The van der Waals surface area contributed by atoms with Gasteiger partial charge in [0.05, 0.1) is 0 Å². The van der Waals surface area contributed by atoms with Crippen molar-refractivity contribution in [2.75, 3.05) is 11.5 Å².